The molecule has 1 atom stereocenters. The van der Waals surface area contributed by atoms with E-state index in [4.69, 9.17) is 10.5 Å². The van der Waals surface area contributed by atoms with Crippen LogP contribution in [0.15, 0.2) is 16.6 Å². The van der Waals surface area contributed by atoms with Crippen LogP contribution in [-0.4, -0.2) is 18.3 Å². The summed E-state index contributed by atoms with van der Waals surface area (Å²) < 4.78 is 5.97. The molecule has 1 aromatic rings. The van der Waals surface area contributed by atoms with Crippen molar-refractivity contribution in [3.05, 3.63) is 22.2 Å². The standard InChI is InChI=1S/C11H16BrNO2/c1-3-15-10-5-8(7(2)6-13)4-9(12)11(10)14/h4-5,7,14H,3,6,13H2,1-2H3. The second kappa shape index (κ2) is 5.37. The monoisotopic (exact) mass is 273 g/mol. The highest BCUT2D eigenvalue weighted by Crippen LogP contribution is 2.37. The SMILES string of the molecule is CCOc1cc(C(C)CN)cc(Br)c1O. The lowest BCUT2D eigenvalue weighted by Gasteiger charge is -2.13. The Labute approximate surface area is 98.4 Å². The van der Waals surface area contributed by atoms with Gasteiger partial charge in [0, 0.05) is 0 Å². The maximum Gasteiger partial charge on any atom is 0.172 e. The van der Waals surface area contributed by atoms with E-state index in [0.717, 1.165) is 5.56 Å². The Morgan fingerprint density at radius 3 is 2.73 bits per heavy atom. The van der Waals surface area contributed by atoms with Crippen molar-refractivity contribution in [3.63, 3.8) is 0 Å². The quantitative estimate of drug-likeness (QED) is 0.887. The lowest BCUT2D eigenvalue weighted by molar-refractivity contribution is 0.316. The molecule has 3 N–H and O–H groups in total. The lowest BCUT2D eigenvalue weighted by atomic mass is 10.0. The van der Waals surface area contributed by atoms with Gasteiger partial charge in [-0.2, -0.15) is 0 Å². The van der Waals surface area contributed by atoms with Crippen LogP contribution in [0.5, 0.6) is 11.5 Å². The molecule has 1 unspecified atom stereocenters. The highest BCUT2D eigenvalue weighted by molar-refractivity contribution is 9.10. The van der Waals surface area contributed by atoms with Gasteiger partial charge in [0.25, 0.3) is 0 Å². The first-order valence-corrected chi connectivity index (χ1v) is 5.74. The van der Waals surface area contributed by atoms with Crippen molar-refractivity contribution in [1.29, 1.82) is 0 Å². The third-order valence-electron chi connectivity index (χ3n) is 2.27. The van der Waals surface area contributed by atoms with Gasteiger partial charge in [-0.3, -0.25) is 0 Å². The first kappa shape index (κ1) is 12.3. The van der Waals surface area contributed by atoms with Crippen LogP contribution in [0.3, 0.4) is 0 Å². The van der Waals surface area contributed by atoms with Gasteiger partial charge in [-0.25, -0.2) is 0 Å². The topological polar surface area (TPSA) is 55.5 Å². The molecule has 4 heteroatoms. The Kier molecular flexibility index (Phi) is 4.42. The van der Waals surface area contributed by atoms with Gasteiger partial charge >= 0.3 is 0 Å². The number of hydrogen-bond donors (Lipinski definition) is 2. The van der Waals surface area contributed by atoms with E-state index in [9.17, 15) is 5.11 Å². The number of halogens is 1. The maximum atomic E-state index is 9.70. The molecule has 0 aliphatic heterocycles. The third-order valence-corrected chi connectivity index (χ3v) is 2.88. The van der Waals surface area contributed by atoms with Gasteiger partial charge in [0.2, 0.25) is 0 Å². The Balaban J connectivity index is 3.11. The van der Waals surface area contributed by atoms with Gasteiger partial charge in [-0.15, -0.1) is 0 Å². The van der Waals surface area contributed by atoms with Crippen LogP contribution in [0.4, 0.5) is 0 Å². The number of phenols is 1. The highest BCUT2D eigenvalue weighted by Gasteiger charge is 2.12. The largest absolute Gasteiger partial charge is 0.503 e. The Morgan fingerprint density at radius 1 is 1.53 bits per heavy atom. The molecule has 0 fully saturated rings. The Hall–Kier alpha value is -0.740. The molecule has 0 saturated carbocycles. The van der Waals surface area contributed by atoms with Crippen LogP contribution < -0.4 is 10.5 Å². The smallest absolute Gasteiger partial charge is 0.172 e. The summed E-state index contributed by atoms with van der Waals surface area (Å²) in [6.45, 7) is 5.02. The van der Waals surface area contributed by atoms with E-state index in [1.807, 2.05) is 26.0 Å². The molecule has 15 heavy (non-hydrogen) atoms. The van der Waals surface area contributed by atoms with Crippen LogP contribution >= 0.6 is 15.9 Å². The number of rotatable bonds is 4. The molecule has 0 aliphatic rings. The fraction of sp³-hybridized carbons (Fsp3) is 0.455. The minimum absolute atomic E-state index is 0.143. The number of hydrogen-bond acceptors (Lipinski definition) is 3. The zero-order chi connectivity index (χ0) is 11.4. The second-order valence-electron chi connectivity index (χ2n) is 3.42. The molecule has 1 aromatic carbocycles. The fourth-order valence-corrected chi connectivity index (χ4v) is 1.74. The average molecular weight is 274 g/mol. The number of nitrogens with two attached hydrogens (primary N) is 1. The lowest BCUT2D eigenvalue weighted by Crippen LogP contribution is -2.09. The molecule has 0 amide bonds. The molecule has 1 rings (SSSR count). The van der Waals surface area contributed by atoms with Crippen molar-refractivity contribution in [3.8, 4) is 11.5 Å². The molecule has 0 aromatic heterocycles. The number of ether oxygens (including phenoxy) is 1. The zero-order valence-electron chi connectivity index (χ0n) is 8.96. The van der Waals surface area contributed by atoms with Crippen LogP contribution in [0.25, 0.3) is 0 Å². The molecule has 0 radical (unpaired) electrons. The Morgan fingerprint density at radius 2 is 2.20 bits per heavy atom. The first-order valence-electron chi connectivity index (χ1n) is 4.95. The van der Waals surface area contributed by atoms with E-state index in [0.29, 0.717) is 23.4 Å². The molecule has 84 valence electrons. The predicted octanol–water partition coefficient (Wildman–Crippen LogP) is 2.62. The molecule has 0 aliphatic carbocycles. The van der Waals surface area contributed by atoms with Gasteiger partial charge < -0.3 is 15.6 Å². The summed E-state index contributed by atoms with van der Waals surface area (Å²) >= 11 is 3.29. The van der Waals surface area contributed by atoms with Crippen molar-refractivity contribution in [1.82, 2.24) is 0 Å². The van der Waals surface area contributed by atoms with E-state index < -0.39 is 0 Å². The van der Waals surface area contributed by atoms with Crippen LogP contribution in [0.2, 0.25) is 0 Å². The first-order chi connectivity index (χ1) is 7.10. The molecule has 0 heterocycles. The fourth-order valence-electron chi connectivity index (χ4n) is 1.28. The van der Waals surface area contributed by atoms with Crippen molar-refractivity contribution in [2.75, 3.05) is 13.2 Å². The molecular formula is C11H16BrNO2. The zero-order valence-corrected chi connectivity index (χ0v) is 10.5. The van der Waals surface area contributed by atoms with Crippen LogP contribution in [0.1, 0.15) is 25.3 Å². The molecule has 0 spiro atoms. The van der Waals surface area contributed by atoms with E-state index in [-0.39, 0.29) is 11.7 Å². The van der Waals surface area contributed by atoms with Crippen molar-refractivity contribution in [2.24, 2.45) is 5.73 Å². The number of phenolic OH excluding ortho intramolecular Hbond substituents is 1. The average Bonchev–Trinajstić information content (AvgIpc) is 2.23. The summed E-state index contributed by atoms with van der Waals surface area (Å²) in [7, 11) is 0. The third kappa shape index (κ3) is 2.86. The van der Waals surface area contributed by atoms with E-state index >= 15 is 0 Å². The minimum Gasteiger partial charge on any atom is -0.503 e. The van der Waals surface area contributed by atoms with Crippen LogP contribution in [-0.2, 0) is 0 Å². The Bertz CT molecular complexity index is 342. The predicted molar refractivity (Wildman–Crippen MR) is 64.4 cm³/mol. The van der Waals surface area contributed by atoms with E-state index in [2.05, 4.69) is 15.9 Å². The van der Waals surface area contributed by atoms with Gasteiger partial charge in [-0.1, -0.05) is 6.92 Å². The van der Waals surface area contributed by atoms with Gasteiger partial charge in [0.1, 0.15) is 0 Å². The molecule has 0 saturated heterocycles. The summed E-state index contributed by atoms with van der Waals surface area (Å²) in [6, 6.07) is 3.70. The highest BCUT2D eigenvalue weighted by atomic mass is 79.9. The number of aromatic hydroxyl groups is 1. The summed E-state index contributed by atoms with van der Waals surface area (Å²) in [6.07, 6.45) is 0. The van der Waals surface area contributed by atoms with Crippen molar-refractivity contribution >= 4 is 15.9 Å². The molecular weight excluding hydrogens is 258 g/mol. The molecule has 3 nitrogen and oxygen atoms in total. The van der Waals surface area contributed by atoms with E-state index in [1.165, 1.54) is 0 Å². The number of benzene rings is 1. The van der Waals surface area contributed by atoms with Crippen molar-refractivity contribution in [2.45, 2.75) is 19.8 Å². The minimum atomic E-state index is 0.143. The van der Waals surface area contributed by atoms with Gasteiger partial charge in [-0.05, 0) is 53.0 Å². The summed E-state index contributed by atoms with van der Waals surface area (Å²) in [5.41, 5.74) is 6.66. The normalized spacial score (nSPS) is 12.5. The molecule has 0 bridgehead atoms. The van der Waals surface area contributed by atoms with Gasteiger partial charge in [0.05, 0.1) is 11.1 Å². The summed E-state index contributed by atoms with van der Waals surface area (Å²) in [4.78, 5) is 0. The maximum absolute atomic E-state index is 9.70. The summed E-state index contributed by atoms with van der Waals surface area (Å²) in [5.74, 6) is 0.896. The van der Waals surface area contributed by atoms with Gasteiger partial charge in [0.15, 0.2) is 11.5 Å². The van der Waals surface area contributed by atoms with E-state index in [1.54, 1.807) is 0 Å². The second-order valence-corrected chi connectivity index (χ2v) is 4.27. The van der Waals surface area contributed by atoms with Crippen LogP contribution in [0, 0.1) is 0 Å². The summed E-state index contributed by atoms with van der Waals surface area (Å²) in [5, 5.41) is 9.70. The van der Waals surface area contributed by atoms with Crippen molar-refractivity contribution < 1.29 is 9.84 Å².